The maximum absolute atomic E-state index is 13.7. The number of thioether (sulfide) groups is 1. The molecule has 0 radical (unpaired) electrons. The van der Waals surface area contributed by atoms with Crippen LogP contribution in [0.4, 0.5) is 22.4 Å². The highest BCUT2D eigenvalue weighted by Gasteiger charge is 2.35. The quantitative estimate of drug-likeness (QED) is 0.464. The van der Waals surface area contributed by atoms with Crippen molar-refractivity contribution in [1.29, 1.82) is 0 Å². The third kappa shape index (κ3) is 6.73. The average molecular weight is 433 g/mol. The summed E-state index contributed by atoms with van der Waals surface area (Å²) >= 11 is 0.930. The number of ether oxygens (including phenoxy) is 1. The number of fused-ring (bicyclic) bond motifs is 1. The van der Waals surface area contributed by atoms with E-state index in [0.29, 0.717) is 12.1 Å². The van der Waals surface area contributed by atoms with E-state index in [1.165, 1.54) is 11.1 Å². The van der Waals surface area contributed by atoms with Gasteiger partial charge in [-0.05, 0) is 56.7 Å². The molecule has 10 heteroatoms. The van der Waals surface area contributed by atoms with Gasteiger partial charge in [-0.25, -0.2) is 14.2 Å². The number of amides is 1. The number of amidine groups is 1. The van der Waals surface area contributed by atoms with Crippen LogP contribution < -0.4 is 0 Å². The zero-order valence-corrected chi connectivity index (χ0v) is 17.5. The summed E-state index contributed by atoms with van der Waals surface area (Å²) in [7, 11) is 0. The highest BCUT2D eigenvalue weighted by Crippen LogP contribution is 2.38. The summed E-state index contributed by atoms with van der Waals surface area (Å²) < 4.78 is 57.8. The third-order valence-electron chi connectivity index (χ3n) is 3.69. The van der Waals surface area contributed by atoms with Gasteiger partial charge in [0.1, 0.15) is 11.4 Å². The van der Waals surface area contributed by atoms with Gasteiger partial charge in [0.25, 0.3) is 0 Å². The lowest BCUT2D eigenvalue weighted by atomic mass is 10.1. The second kappa shape index (κ2) is 9.15. The highest BCUT2D eigenvalue weighted by molar-refractivity contribution is 8.14. The number of carbonyl (C=O) groups excluding carboxylic acids is 1. The normalized spacial score (nSPS) is 14.6. The maximum Gasteiger partial charge on any atom is 0.419 e. The first-order valence-corrected chi connectivity index (χ1v) is 9.84. The summed E-state index contributed by atoms with van der Waals surface area (Å²) in [5.74, 6) is -1.31. The molecule has 1 aliphatic rings. The van der Waals surface area contributed by atoms with Gasteiger partial charge in [-0.1, -0.05) is 6.92 Å². The molecule has 0 spiro atoms. The first kappa shape index (κ1) is 23.2. The van der Waals surface area contributed by atoms with Gasteiger partial charge >= 0.3 is 12.3 Å². The molecular weight excluding hydrogens is 410 g/mol. The molecule has 5 nitrogen and oxygen atoms in total. The molecule has 0 saturated carbocycles. The lowest BCUT2D eigenvalue weighted by Crippen LogP contribution is -2.38. The molecule has 0 atom stereocenters. The first-order valence-electron chi connectivity index (χ1n) is 9.03. The Kier molecular flexibility index (Phi) is 7.31. The predicted octanol–water partition coefficient (Wildman–Crippen LogP) is 5.52. The van der Waals surface area contributed by atoms with E-state index in [1.807, 2.05) is 6.92 Å². The van der Waals surface area contributed by atoms with E-state index in [2.05, 4.69) is 9.98 Å². The van der Waals surface area contributed by atoms with E-state index in [4.69, 9.17) is 4.74 Å². The topological polar surface area (TPSA) is 54.3 Å². The van der Waals surface area contributed by atoms with Crippen LogP contribution in [0.25, 0.3) is 0 Å². The monoisotopic (exact) mass is 433 g/mol. The molecule has 0 aromatic heterocycles. The van der Waals surface area contributed by atoms with Crippen molar-refractivity contribution < 1.29 is 27.1 Å². The van der Waals surface area contributed by atoms with Crippen molar-refractivity contribution in [3.8, 4) is 0 Å². The van der Waals surface area contributed by atoms with Crippen molar-refractivity contribution in [2.45, 2.75) is 57.3 Å². The molecule has 0 N–H and O–H groups in total. The molecule has 1 aromatic rings. The number of nitrogens with zero attached hydrogens (tertiary/aromatic N) is 3. The predicted molar refractivity (Wildman–Crippen MR) is 105 cm³/mol. The molecule has 1 aromatic carbocycles. The van der Waals surface area contributed by atoms with Crippen molar-refractivity contribution in [3.05, 3.63) is 29.1 Å². The van der Waals surface area contributed by atoms with Gasteiger partial charge in [0, 0.05) is 17.7 Å². The Morgan fingerprint density at radius 3 is 2.62 bits per heavy atom. The Morgan fingerprint density at radius 1 is 1.34 bits per heavy atom. The summed E-state index contributed by atoms with van der Waals surface area (Å²) in [6, 6.07) is 1.64. The molecule has 2 rings (SSSR count). The summed E-state index contributed by atoms with van der Waals surface area (Å²) in [5.41, 5.74) is -1.56. The van der Waals surface area contributed by atoms with Gasteiger partial charge < -0.3 is 9.64 Å². The minimum Gasteiger partial charge on any atom is -0.444 e. The zero-order chi connectivity index (χ0) is 21.8. The Hall–Kier alpha value is -2.10. The third-order valence-corrected chi connectivity index (χ3v) is 4.71. The minimum absolute atomic E-state index is 0.0365. The Balaban J connectivity index is 2.07. The number of hydrogen-bond acceptors (Lipinski definition) is 5. The van der Waals surface area contributed by atoms with E-state index in [-0.39, 0.29) is 23.2 Å². The van der Waals surface area contributed by atoms with Crippen LogP contribution in [0.2, 0.25) is 0 Å². The number of aliphatic imine (C=N–C) groups is 2. The molecule has 0 bridgehead atoms. The lowest BCUT2D eigenvalue weighted by Gasteiger charge is -2.26. The fourth-order valence-corrected chi connectivity index (χ4v) is 3.34. The van der Waals surface area contributed by atoms with E-state index in [9.17, 15) is 22.4 Å². The van der Waals surface area contributed by atoms with Gasteiger partial charge in [0.05, 0.1) is 18.7 Å². The molecule has 1 heterocycles. The summed E-state index contributed by atoms with van der Waals surface area (Å²) in [4.78, 5) is 22.3. The van der Waals surface area contributed by atoms with Crippen molar-refractivity contribution in [3.63, 3.8) is 0 Å². The lowest BCUT2D eigenvalue weighted by molar-refractivity contribution is -0.140. The molecule has 1 amide bonds. The number of alkyl halides is 3. The smallest absolute Gasteiger partial charge is 0.419 e. The van der Waals surface area contributed by atoms with Crippen LogP contribution in [0.15, 0.2) is 27.0 Å². The summed E-state index contributed by atoms with van der Waals surface area (Å²) in [6.07, 6.45) is -3.06. The molecule has 0 saturated heterocycles. The summed E-state index contributed by atoms with van der Waals surface area (Å²) in [6.45, 7) is 7.91. The second-order valence-electron chi connectivity index (χ2n) is 7.38. The molecular formula is C19H23F4N3O2S. The largest absolute Gasteiger partial charge is 0.444 e. The van der Waals surface area contributed by atoms with Crippen LogP contribution >= 0.6 is 11.8 Å². The Labute approximate surface area is 171 Å². The van der Waals surface area contributed by atoms with Crippen LogP contribution in [0.5, 0.6) is 0 Å². The standard InChI is InChI=1S/C19H23F4N3O2S/c1-5-7-26(17(27)28-18(2,3)4)8-6-24-16-25-11-12-9-14(20)13(19(21,22)23)10-15(12)29-16/h6,9-10H,5,7-8,11H2,1-4H3. The number of hydrogen-bond donors (Lipinski definition) is 0. The van der Waals surface area contributed by atoms with Gasteiger partial charge in [-0.2, -0.15) is 13.2 Å². The zero-order valence-electron chi connectivity index (χ0n) is 16.6. The minimum atomic E-state index is -4.77. The van der Waals surface area contributed by atoms with Crippen LogP contribution in [0.3, 0.4) is 0 Å². The van der Waals surface area contributed by atoms with E-state index < -0.39 is 29.3 Å². The number of rotatable bonds is 4. The van der Waals surface area contributed by atoms with Crippen LogP contribution in [0, 0.1) is 5.82 Å². The summed E-state index contributed by atoms with van der Waals surface area (Å²) in [5, 5.41) is 0.248. The van der Waals surface area contributed by atoms with Crippen molar-refractivity contribution >= 4 is 29.2 Å². The maximum atomic E-state index is 13.7. The van der Waals surface area contributed by atoms with E-state index in [0.717, 1.165) is 30.3 Å². The van der Waals surface area contributed by atoms with Gasteiger partial charge in [-0.3, -0.25) is 4.99 Å². The average Bonchev–Trinajstić information content (AvgIpc) is 2.58. The molecule has 0 fully saturated rings. The van der Waals surface area contributed by atoms with Crippen LogP contribution in [-0.4, -0.2) is 41.1 Å². The highest BCUT2D eigenvalue weighted by atomic mass is 32.2. The number of carbonyl (C=O) groups is 1. The van der Waals surface area contributed by atoms with Crippen molar-refractivity contribution in [2.24, 2.45) is 9.98 Å². The number of halogens is 4. The molecule has 160 valence electrons. The van der Waals surface area contributed by atoms with Crippen LogP contribution in [-0.2, 0) is 17.5 Å². The molecule has 0 aliphatic carbocycles. The first-order chi connectivity index (χ1) is 13.4. The van der Waals surface area contributed by atoms with E-state index >= 15 is 0 Å². The van der Waals surface area contributed by atoms with Gasteiger partial charge in [0.15, 0.2) is 5.17 Å². The number of benzene rings is 1. The Morgan fingerprint density at radius 2 is 2.03 bits per heavy atom. The van der Waals surface area contributed by atoms with Gasteiger partial charge in [-0.15, -0.1) is 0 Å². The van der Waals surface area contributed by atoms with Crippen molar-refractivity contribution in [1.82, 2.24) is 4.90 Å². The Bertz CT molecular complexity index is 817. The fraction of sp³-hybridized carbons (Fsp3) is 0.526. The van der Waals surface area contributed by atoms with Crippen LogP contribution in [0.1, 0.15) is 45.2 Å². The molecule has 1 aliphatic heterocycles. The molecule has 29 heavy (non-hydrogen) atoms. The fourth-order valence-electron chi connectivity index (χ4n) is 2.45. The van der Waals surface area contributed by atoms with Crippen molar-refractivity contribution in [2.75, 3.05) is 13.1 Å². The SMILES string of the molecule is CCCN(CC=NC1=NCc2cc(F)c(C(F)(F)F)cc2S1)C(=O)OC(C)(C)C. The van der Waals surface area contributed by atoms with Gasteiger partial charge in [0.2, 0.25) is 0 Å². The van der Waals surface area contributed by atoms with E-state index in [1.54, 1.807) is 20.8 Å². The molecule has 0 unspecified atom stereocenters. The second-order valence-corrected chi connectivity index (χ2v) is 8.39.